The molecule has 0 radical (unpaired) electrons. The van der Waals surface area contributed by atoms with Gasteiger partial charge < -0.3 is 4.90 Å². The topological polar surface area (TPSA) is 36.4 Å². The number of aromatic nitrogens is 1. The SMILES string of the molecule is Cc1cccc(C(=O)N2CCN(CC=Cc3ccccc3)CC2)n1. The average molecular weight is 321 g/mol. The Morgan fingerprint density at radius 2 is 1.79 bits per heavy atom. The number of amides is 1. The first kappa shape index (κ1) is 16.4. The first-order chi connectivity index (χ1) is 11.7. The van der Waals surface area contributed by atoms with Crippen LogP contribution in [0, 0.1) is 6.92 Å². The molecule has 1 saturated heterocycles. The number of hydrogen-bond donors (Lipinski definition) is 0. The number of rotatable bonds is 4. The summed E-state index contributed by atoms with van der Waals surface area (Å²) in [4.78, 5) is 21.1. The van der Waals surface area contributed by atoms with Gasteiger partial charge in [0.05, 0.1) is 0 Å². The number of piperazine rings is 1. The Kier molecular flexibility index (Phi) is 5.39. The van der Waals surface area contributed by atoms with Crippen molar-refractivity contribution >= 4 is 12.0 Å². The molecule has 1 aliphatic heterocycles. The number of benzene rings is 1. The molecular weight excluding hydrogens is 298 g/mol. The van der Waals surface area contributed by atoms with Gasteiger partial charge in [0.15, 0.2) is 0 Å². The predicted octanol–water partition coefficient (Wildman–Crippen LogP) is 2.86. The third kappa shape index (κ3) is 4.30. The second-order valence-electron chi connectivity index (χ2n) is 6.07. The van der Waals surface area contributed by atoms with Crippen LogP contribution in [0.15, 0.2) is 54.6 Å². The molecule has 0 unspecified atom stereocenters. The van der Waals surface area contributed by atoms with E-state index in [9.17, 15) is 4.79 Å². The molecule has 0 bridgehead atoms. The fourth-order valence-electron chi connectivity index (χ4n) is 2.86. The number of pyridine rings is 1. The van der Waals surface area contributed by atoms with Gasteiger partial charge in [0.1, 0.15) is 5.69 Å². The molecule has 0 N–H and O–H groups in total. The Labute approximate surface area is 143 Å². The summed E-state index contributed by atoms with van der Waals surface area (Å²) >= 11 is 0. The van der Waals surface area contributed by atoms with E-state index in [1.807, 2.05) is 42.2 Å². The second-order valence-corrected chi connectivity index (χ2v) is 6.07. The lowest BCUT2D eigenvalue weighted by Crippen LogP contribution is -2.48. The highest BCUT2D eigenvalue weighted by Crippen LogP contribution is 2.08. The molecule has 124 valence electrons. The van der Waals surface area contributed by atoms with E-state index in [2.05, 4.69) is 34.2 Å². The van der Waals surface area contributed by atoms with Gasteiger partial charge >= 0.3 is 0 Å². The van der Waals surface area contributed by atoms with E-state index in [0.29, 0.717) is 5.69 Å². The predicted molar refractivity (Wildman–Crippen MR) is 96.8 cm³/mol. The van der Waals surface area contributed by atoms with E-state index >= 15 is 0 Å². The summed E-state index contributed by atoms with van der Waals surface area (Å²) in [7, 11) is 0. The zero-order chi connectivity index (χ0) is 16.8. The van der Waals surface area contributed by atoms with Crippen molar-refractivity contribution in [3.63, 3.8) is 0 Å². The van der Waals surface area contributed by atoms with Crippen LogP contribution in [0.25, 0.3) is 6.08 Å². The van der Waals surface area contributed by atoms with Crippen molar-refractivity contribution in [3.8, 4) is 0 Å². The third-order valence-corrected chi connectivity index (χ3v) is 4.24. The lowest BCUT2D eigenvalue weighted by molar-refractivity contribution is 0.0644. The molecule has 4 heteroatoms. The van der Waals surface area contributed by atoms with Gasteiger partial charge in [0.2, 0.25) is 0 Å². The molecule has 0 saturated carbocycles. The Morgan fingerprint density at radius 1 is 1.04 bits per heavy atom. The first-order valence-corrected chi connectivity index (χ1v) is 8.39. The van der Waals surface area contributed by atoms with Crippen molar-refractivity contribution in [2.45, 2.75) is 6.92 Å². The maximum Gasteiger partial charge on any atom is 0.272 e. The molecule has 0 aliphatic carbocycles. The van der Waals surface area contributed by atoms with Gasteiger partial charge in [-0.2, -0.15) is 0 Å². The van der Waals surface area contributed by atoms with Crippen LogP contribution in [0.3, 0.4) is 0 Å². The molecule has 1 fully saturated rings. The van der Waals surface area contributed by atoms with Crippen LogP contribution in [-0.4, -0.2) is 53.4 Å². The molecule has 3 rings (SSSR count). The summed E-state index contributed by atoms with van der Waals surface area (Å²) in [6.07, 6.45) is 4.34. The molecule has 0 spiro atoms. The van der Waals surface area contributed by atoms with Gasteiger partial charge in [-0.3, -0.25) is 9.69 Å². The van der Waals surface area contributed by atoms with Crippen LogP contribution in [0.4, 0.5) is 0 Å². The van der Waals surface area contributed by atoms with E-state index < -0.39 is 0 Å². The summed E-state index contributed by atoms with van der Waals surface area (Å²) in [6.45, 7) is 6.14. The molecule has 4 nitrogen and oxygen atoms in total. The van der Waals surface area contributed by atoms with Gasteiger partial charge in [-0.15, -0.1) is 0 Å². The Morgan fingerprint density at radius 3 is 2.50 bits per heavy atom. The molecule has 24 heavy (non-hydrogen) atoms. The van der Waals surface area contributed by atoms with Crippen LogP contribution in [0.1, 0.15) is 21.7 Å². The fraction of sp³-hybridized carbons (Fsp3) is 0.300. The van der Waals surface area contributed by atoms with Crippen LogP contribution in [-0.2, 0) is 0 Å². The van der Waals surface area contributed by atoms with Crippen molar-refractivity contribution in [2.75, 3.05) is 32.7 Å². The molecule has 2 heterocycles. The minimum Gasteiger partial charge on any atom is -0.335 e. The number of carbonyl (C=O) groups is 1. The van der Waals surface area contributed by atoms with Crippen molar-refractivity contribution in [1.29, 1.82) is 0 Å². The lowest BCUT2D eigenvalue weighted by Gasteiger charge is -2.34. The van der Waals surface area contributed by atoms with Crippen molar-refractivity contribution in [3.05, 3.63) is 71.6 Å². The summed E-state index contributed by atoms with van der Waals surface area (Å²) in [5.41, 5.74) is 2.65. The van der Waals surface area contributed by atoms with E-state index in [1.165, 1.54) is 5.56 Å². The standard InChI is InChI=1S/C20H23N3O/c1-17-7-5-11-19(21-17)20(24)23-15-13-22(14-16-23)12-6-10-18-8-3-2-4-9-18/h2-11H,12-16H2,1H3. The molecule has 2 aromatic rings. The highest BCUT2D eigenvalue weighted by molar-refractivity contribution is 5.92. The zero-order valence-corrected chi connectivity index (χ0v) is 14.1. The van der Waals surface area contributed by atoms with Crippen molar-refractivity contribution in [1.82, 2.24) is 14.8 Å². The quantitative estimate of drug-likeness (QED) is 0.869. The highest BCUT2D eigenvalue weighted by Gasteiger charge is 2.22. The van der Waals surface area contributed by atoms with Crippen molar-refractivity contribution < 1.29 is 4.79 Å². The summed E-state index contributed by atoms with van der Waals surface area (Å²) in [6, 6.07) is 15.9. The summed E-state index contributed by atoms with van der Waals surface area (Å²) in [5, 5.41) is 0. The minimum absolute atomic E-state index is 0.0400. The van der Waals surface area contributed by atoms with Gasteiger partial charge in [-0.1, -0.05) is 48.6 Å². The van der Waals surface area contributed by atoms with Gasteiger partial charge in [0, 0.05) is 38.4 Å². The van der Waals surface area contributed by atoms with Crippen LogP contribution in [0.5, 0.6) is 0 Å². The maximum atomic E-state index is 12.5. The number of carbonyl (C=O) groups excluding carboxylic acids is 1. The van der Waals surface area contributed by atoms with Crippen LogP contribution in [0.2, 0.25) is 0 Å². The van der Waals surface area contributed by atoms with E-state index in [-0.39, 0.29) is 5.91 Å². The molecule has 1 aromatic carbocycles. The lowest BCUT2D eigenvalue weighted by atomic mass is 10.2. The third-order valence-electron chi connectivity index (χ3n) is 4.24. The molecule has 1 amide bonds. The zero-order valence-electron chi connectivity index (χ0n) is 14.1. The number of nitrogens with zero attached hydrogens (tertiary/aromatic N) is 3. The molecular formula is C20H23N3O. The molecule has 0 atom stereocenters. The van der Waals surface area contributed by atoms with Crippen LogP contribution < -0.4 is 0 Å². The molecule has 1 aliphatic rings. The van der Waals surface area contributed by atoms with E-state index in [0.717, 1.165) is 38.4 Å². The van der Waals surface area contributed by atoms with Gasteiger partial charge in [-0.25, -0.2) is 4.98 Å². The first-order valence-electron chi connectivity index (χ1n) is 8.39. The second kappa shape index (κ2) is 7.88. The number of aryl methyl sites for hydroxylation is 1. The minimum atomic E-state index is 0.0400. The average Bonchev–Trinajstić information content (AvgIpc) is 2.63. The summed E-state index contributed by atoms with van der Waals surface area (Å²) in [5.74, 6) is 0.0400. The molecule has 1 aromatic heterocycles. The Balaban J connectivity index is 1.49. The fourth-order valence-corrected chi connectivity index (χ4v) is 2.86. The number of hydrogen-bond acceptors (Lipinski definition) is 3. The van der Waals surface area contributed by atoms with Crippen molar-refractivity contribution in [2.24, 2.45) is 0 Å². The highest BCUT2D eigenvalue weighted by atomic mass is 16.2. The smallest absolute Gasteiger partial charge is 0.272 e. The van der Waals surface area contributed by atoms with E-state index in [1.54, 1.807) is 6.07 Å². The Bertz CT molecular complexity index is 704. The normalized spacial score (nSPS) is 15.8. The summed E-state index contributed by atoms with van der Waals surface area (Å²) < 4.78 is 0. The van der Waals surface area contributed by atoms with E-state index in [4.69, 9.17) is 0 Å². The maximum absolute atomic E-state index is 12.5. The van der Waals surface area contributed by atoms with Gasteiger partial charge in [0.25, 0.3) is 5.91 Å². The van der Waals surface area contributed by atoms with Crippen LogP contribution >= 0.6 is 0 Å². The Hall–Kier alpha value is -2.46. The monoisotopic (exact) mass is 321 g/mol. The van der Waals surface area contributed by atoms with Gasteiger partial charge in [-0.05, 0) is 24.6 Å². The largest absolute Gasteiger partial charge is 0.335 e.